The fourth-order valence-corrected chi connectivity index (χ4v) is 4.71. The van der Waals surface area contributed by atoms with Crippen LogP contribution in [0.2, 0.25) is 0 Å². The zero-order chi connectivity index (χ0) is 22.2. The Hall–Kier alpha value is -3.84. The predicted octanol–water partition coefficient (Wildman–Crippen LogP) is 5.48. The molecule has 5 aromatic rings. The highest BCUT2D eigenvalue weighted by Gasteiger charge is 2.20. The average molecular weight is 441 g/mol. The van der Waals surface area contributed by atoms with Gasteiger partial charge in [0.1, 0.15) is 4.83 Å². The number of benzene rings is 2. The zero-order valence-corrected chi connectivity index (χ0v) is 18.5. The maximum absolute atomic E-state index is 13.2. The lowest BCUT2D eigenvalue weighted by Crippen LogP contribution is -2.21. The van der Waals surface area contributed by atoms with Crippen molar-refractivity contribution >= 4 is 27.6 Å². The Morgan fingerprint density at radius 3 is 2.72 bits per heavy atom. The van der Waals surface area contributed by atoms with Crippen LogP contribution in [0.1, 0.15) is 22.3 Å². The molecular formula is C25H20N4O2S. The Labute approximate surface area is 188 Å². The first kappa shape index (κ1) is 20.1. The number of rotatable bonds is 5. The lowest BCUT2D eigenvalue weighted by Gasteiger charge is -2.06. The van der Waals surface area contributed by atoms with Crippen molar-refractivity contribution < 1.29 is 4.52 Å². The number of thiophene rings is 1. The van der Waals surface area contributed by atoms with Crippen LogP contribution in [0.15, 0.2) is 70.8 Å². The van der Waals surface area contributed by atoms with E-state index >= 15 is 0 Å². The van der Waals surface area contributed by atoms with Crippen LogP contribution < -0.4 is 5.56 Å². The molecule has 3 heterocycles. The molecule has 0 saturated heterocycles. The molecule has 0 aliphatic heterocycles. The van der Waals surface area contributed by atoms with Gasteiger partial charge in [-0.2, -0.15) is 4.98 Å². The molecule has 0 unspecified atom stereocenters. The molecule has 0 fully saturated rings. The molecule has 5 rings (SSSR count). The van der Waals surface area contributed by atoms with E-state index in [9.17, 15) is 4.79 Å². The number of aromatic nitrogens is 4. The van der Waals surface area contributed by atoms with E-state index in [4.69, 9.17) is 4.52 Å². The molecule has 7 heteroatoms. The highest BCUT2D eigenvalue weighted by atomic mass is 32.1. The van der Waals surface area contributed by atoms with Gasteiger partial charge in [-0.15, -0.1) is 11.3 Å². The third kappa shape index (κ3) is 3.56. The molecule has 0 aliphatic carbocycles. The SMILES string of the molecule is C=Cc1ccc(Cn2cnc3sc(-c4nc(-c5cccc(C)c5)no4)c(C)c3c2=O)cc1. The van der Waals surface area contributed by atoms with Crippen LogP contribution in [0, 0.1) is 13.8 Å². The Kier molecular flexibility index (Phi) is 5.03. The lowest BCUT2D eigenvalue weighted by molar-refractivity contribution is 0.433. The minimum Gasteiger partial charge on any atom is -0.333 e. The molecular weight excluding hydrogens is 420 g/mol. The van der Waals surface area contributed by atoms with Crippen molar-refractivity contribution in [2.24, 2.45) is 0 Å². The van der Waals surface area contributed by atoms with Gasteiger partial charge in [0.2, 0.25) is 5.82 Å². The van der Waals surface area contributed by atoms with E-state index in [0.717, 1.165) is 32.7 Å². The molecule has 0 bridgehead atoms. The molecule has 158 valence electrons. The average Bonchev–Trinajstić information content (AvgIpc) is 3.41. The fourth-order valence-electron chi connectivity index (χ4n) is 3.65. The monoisotopic (exact) mass is 440 g/mol. The summed E-state index contributed by atoms with van der Waals surface area (Å²) in [6.07, 6.45) is 3.39. The smallest absolute Gasteiger partial charge is 0.268 e. The van der Waals surface area contributed by atoms with Crippen LogP contribution >= 0.6 is 11.3 Å². The van der Waals surface area contributed by atoms with Crippen molar-refractivity contribution in [1.82, 2.24) is 19.7 Å². The Balaban J connectivity index is 1.52. The molecule has 0 N–H and O–H groups in total. The number of fused-ring (bicyclic) bond motifs is 1. The van der Waals surface area contributed by atoms with E-state index < -0.39 is 0 Å². The number of nitrogens with zero attached hydrogens (tertiary/aromatic N) is 4. The topological polar surface area (TPSA) is 73.8 Å². The minimum absolute atomic E-state index is 0.0822. The molecule has 0 atom stereocenters. The van der Waals surface area contributed by atoms with Gasteiger partial charge in [-0.05, 0) is 36.6 Å². The van der Waals surface area contributed by atoms with Crippen LogP contribution in [0.5, 0.6) is 0 Å². The number of aryl methyl sites for hydroxylation is 2. The van der Waals surface area contributed by atoms with E-state index in [0.29, 0.717) is 28.5 Å². The van der Waals surface area contributed by atoms with Crippen molar-refractivity contribution in [3.63, 3.8) is 0 Å². The summed E-state index contributed by atoms with van der Waals surface area (Å²) in [6.45, 7) is 8.14. The van der Waals surface area contributed by atoms with Gasteiger partial charge in [0, 0.05) is 5.56 Å². The van der Waals surface area contributed by atoms with Gasteiger partial charge in [0.25, 0.3) is 11.4 Å². The molecule has 6 nitrogen and oxygen atoms in total. The third-order valence-electron chi connectivity index (χ3n) is 5.38. The van der Waals surface area contributed by atoms with Gasteiger partial charge in [0.15, 0.2) is 0 Å². The minimum atomic E-state index is -0.0822. The summed E-state index contributed by atoms with van der Waals surface area (Å²) in [5.74, 6) is 0.918. The predicted molar refractivity (Wildman–Crippen MR) is 128 cm³/mol. The van der Waals surface area contributed by atoms with E-state index in [-0.39, 0.29) is 5.56 Å². The highest BCUT2D eigenvalue weighted by Crippen LogP contribution is 2.35. The van der Waals surface area contributed by atoms with Gasteiger partial charge < -0.3 is 4.52 Å². The quantitative estimate of drug-likeness (QED) is 0.362. The molecule has 0 saturated carbocycles. The van der Waals surface area contributed by atoms with Crippen molar-refractivity contribution in [2.45, 2.75) is 20.4 Å². The van der Waals surface area contributed by atoms with E-state index in [1.807, 2.05) is 62.4 Å². The summed E-state index contributed by atoms with van der Waals surface area (Å²) in [7, 11) is 0. The van der Waals surface area contributed by atoms with E-state index in [1.54, 1.807) is 17.0 Å². The van der Waals surface area contributed by atoms with Gasteiger partial charge in [-0.1, -0.05) is 65.8 Å². The van der Waals surface area contributed by atoms with Crippen molar-refractivity contribution in [2.75, 3.05) is 0 Å². The second-order valence-electron chi connectivity index (χ2n) is 7.65. The summed E-state index contributed by atoms with van der Waals surface area (Å²) < 4.78 is 7.17. The maximum Gasteiger partial charge on any atom is 0.268 e. The van der Waals surface area contributed by atoms with Crippen LogP contribution in [-0.2, 0) is 6.54 Å². The highest BCUT2D eigenvalue weighted by molar-refractivity contribution is 7.22. The molecule has 0 spiro atoms. The van der Waals surface area contributed by atoms with Gasteiger partial charge in [0.05, 0.1) is 23.1 Å². The number of hydrogen-bond donors (Lipinski definition) is 0. The first-order valence-electron chi connectivity index (χ1n) is 10.1. The van der Waals surface area contributed by atoms with Crippen LogP contribution in [0.4, 0.5) is 0 Å². The second kappa shape index (κ2) is 8.01. The Morgan fingerprint density at radius 2 is 1.97 bits per heavy atom. The maximum atomic E-state index is 13.2. The molecule has 0 amide bonds. The summed E-state index contributed by atoms with van der Waals surface area (Å²) in [5.41, 5.74) is 4.79. The molecule has 0 radical (unpaired) electrons. The molecule has 2 aromatic carbocycles. The van der Waals surface area contributed by atoms with Crippen molar-refractivity contribution in [1.29, 1.82) is 0 Å². The van der Waals surface area contributed by atoms with Gasteiger partial charge in [-0.3, -0.25) is 9.36 Å². The summed E-state index contributed by atoms with van der Waals surface area (Å²) in [6, 6.07) is 15.9. The van der Waals surface area contributed by atoms with Crippen LogP contribution in [-0.4, -0.2) is 19.7 Å². The molecule has 32 heavy (non-hydrogen) atoms. The van der Waals surface area contributed by atoms with E-state index in [1.165, 1.54) is 11.3 Å². The number of hydrogen-bond acceptors (Lipinski definition) is 6. The van der Waals surface area contributed by atoms with Gasteiger partial charge in [-0.25, -0.2) is 4.98 Å². The normalized spacial score (nSPS) is 11.2. The lowest BCUT2D eigenvalue weighted by atomic mass is 10.1. The molecule has 0 aliphatic rings. The third-order valence-corrected chi connectivity index (χ3v) is 6.57. The Bertz CT molecular complexity index is 1510. The standard InChI is InChI=1S/C25H20N4O2S/c1-4-17-8-10-18(11-9-17)13-29-14-26-24-20(25(29)30)16(3)21(32-24)23-27-22(28-31-23)19-7-5-6-15(2)12-19/h4-12,14H,1,13H2,2-3H3. The first-order chi connectivity index (χ1) is 15.5. The Morgan fingerprint density at radius 1 is 1.16 bits per heavy atom. The van der Waals surface area contributed by atoms with Crippen LogP contribution in [0.3, 0.4) is 0 Å². The van der Waals surface area contributed by atoms with Crippen molar-refractivity contribution in [3.05, 3.63) is 94.0 Å². The largest absolute Gasteiger partial charge is 0.333 e. The van der Waals surface area contributed by atoms with E-state index in [2.05, 4.69) is 21.7 Å². The first-order valence-corrected chi connectivity index (χ1v) is 11.0. The second-order valence-corrected chi connectivity index (χ2v) is 8.65. The summed E-state index contributed by atoms with van der Waals surface area (Å²) >= 11 is 1.39. The summed E-state index contributed by atoms with van der Waals surface area (Å²) in [5, 5.41) is 4.72. The van der Waals surface area contributed by atoms with Crippen molar-refractivity contribution in [3.8, 4) is 22.2 Å². The van der Waals surface area contributed by atoms with Gasteiger partial charge >= 0.3 is 0 Å². The zero-order valence-electron chi connectivity index (χ0n) is 17.7. The van der Waals surface area contributed by atoms with Crippen LogP contribution in [0.25, 0.3) is 38.4 Å². The summed E-state index contributed by atoms with van der Waals surface area (Å²) in [4.78, 5) is 23.8. The fraction of sp³-hybridized carbons (Fsp3) is 0.120. The molecule has 3 aromatic heterocycles.